The zero-order valence-electron chi connectivity index (χ0n) is 10.9. The Balaban J connectivity index is 2.21. The van der Waals surface area contributed by atoms with Gasteiger partial charge in [-0.1, -0.05) is 0 Å². The van der Waals surface area contributed by atoms with Crippen molar-refractivity contribution in [1.82, 2.24) is 5.32 Å². The van der Waals surface area contributed by atoms with Crippen molar-refractivity contribution in [3.63, 3.8) is 0 Å². The van der Waals surface area contributed by atoms with E-state index in [1.807, 2.05) is 0 Å². The molecule has 1 aliphatic rings. The Bertz CT molecular complexity index is 537. The smallest absolute Gasteiger partial charge is 0.251 e. The number of carbonyl (C=O) groups excluding carboxylic acids is 1. The predicted octanol–water partition coefficient (Wildman–Crippen LogP) is 1.49. The van der Waals surface area contributed by atoms with Gasteiger partial charge < -0.3 is 15.2 Å². The molecule has 0 unspecified atom stereocenters. The number of carbonyl (C=O) groups is 1. The van der Waals surface area contributed by atoms with E-state index < -0.39 is 5.54 Å². The molecule has 5 heteroatoms. The van der Waals surface area contributed by atoms with Crippen molar-refractivity contribution in [1.29, 1.82) is 0 Å². The van der Waals surface area contributed by atoms with Crippen LogP contribution in [-0.2, 0) is 4.79 Å². The highest BCUT2D eigenvalue weighted by Crippen LogP contribution is 2.27. The van der Waals surface area contributed by atoms with Crippen LogP contribution >= 0.6 is 0 Å². The summed E-state index contributed by atoms with van der Waals surface area (Å²) in [6.07, 6.45) is 1.60. The highest BCUT2D eigenvalue weighted by molar-refractivity contribution is 5.99. The molecular weight excluding hydrogens is 249 g/mol. The van der Waals surface area contributed by atoms with E-state index in [9.17, 15) is 9.18 Å². The van der Waals surface area contributed by atoms with Crippen LogP contribution in [0.5, 0.6) is 5.75 Å². The monoisotopic (exact) mass is 265 g/mol. The zero-order valence-corrected chi connectivity index (χ0v) is 10.9. The number of hydrogen-bond donors (Lipinski definition) is 2. The Hall–Kier alpha value is -1.88. The number of hydrogen-bond acceptors (Lipinski definition) is 3. The topological polar surface area (TPSA) is 58.6 Å². The van der Waals surface area contributed by atoms with E-state index in [0.29, 0.717) is 16.9 Å². The molecular formula is C14H16FNO3. The van der Waals surface area contributed by atoms with Gasteiger partial charge in [0.25, 0.3) is 5.91 Å². The number of fused-ring (bicyclic) bond motifs is 1. The van der Waals surface area contributed by atoms with Crippen LogP contribution in [0, 0.1) is 5.82 Å². The second-order valence-electron chi connectivity index (χ2n) is 5.14. The second-order valence-corrected chi connectivity index (χ2v) is 5.14. The molecule has 0 saturated carbocycles. The lowest BCUT2D eigenvalue weighted by atomic mass is 10.0. The minimum Gasteiger partial charge on any atom is -0.488 e. The van der Waals surface area contributed by atoms with Gasteiger partial charge in [-0.15, -0.1) is 0 Å². The van der Waals surface area contributed by atoms with Gasteiger partial charge in [0.2, 0.25) is 0 Å². The first-order valence-corrected chi connectivity index (χ1v) is 5.97. The fraction of sp³-hybridized carbons (Fsp3) is 0.357. The molecule has 2 rings (SSSR count). The molecule has 1 amide bonds. The molecule has 1 aromatic rings. The minimum atomic E-state index is -0.708. The molecule has 0 aromatic heterocycles. The quantitative estimate of drug-likeness (QED) is 0.870. The van der Waals surface area contributed by atoms with Crippen molar-refractivity contribution in [3.05, 3.63) is 35.2 Å². The van der Waals surface area contributed by atoms with Gasteiger partial charge in [-0.25, -0.2) is 4.39 Å². The van der Waals surface area contributed by atoms with Crippen molar-refractivity contribution in [3.8, 4) is 5.75 Å². The highest BCUT2D eigenvalue weighted by Gasteiger charge is 2.23. The van der Waals surface area contributed by atoms with Gasteiger partial charge in [-0.05, 0) is 38.1 Å². The number of aliphatic hydroxyl groups is 1. The fourth-order valence-corrected chi connectivity index (χ4v) is 1.71. The number of benzene rings is 1. The van der Waals surface area contributed by atoms with Crippen molar-refractivity contribution in [2.45, 2.75) is 19.4 Å². The summed E-state index contributed by atoms with van der Waals surface area (Å²) in [5.41, 5.74) is 0.234. The molecule has 4 nitrogen and oxygen atoms in total. The van der Waals surface area contributed by atoms with E-state index >= 15 is 0 Å². The summed E-state index contributed by atoms with van der Waals surface area (Å²) in [6, 6.07) is 4.17. The summed E-state index contributed by atoms with van der Waals surface area (Å²) in [6.45, 7) is 3.38. The zero-order chi connectivity index (χ0) is 14.0. The van der Waals surface area contributed by atoms with Crippen LogP contribution in [0.1, 0.15) is 19.4 Å². The number of ether oxygens (including phenoxy) is 1. The molecule has 0 atom stereocenters. The van der Waals surface area contributed by atoms with Gasteiger partial charge in [-0.2, -0.15) is 0 Å². The number of halogens is 1. The van der Waals surface area contributed by atoms with Crippen molar-refractivity contribution in [2.75, 3.05) is 13.2 Å². The van der Waals surface area contributed by atoms with Crippen LogP contribution in [0.25, 0.3) is 6.08 Å². The van der Waals surface area contributed by atoms with Crippen LogP contribution in [0.4, 0.5) is 4.39 Å². The predicted molar refractivity (Wildman–Crippen MR) is 69.2 cm³/mol. The second kappa shape index (κ2) is 5.01. The summed E-state index contributed by atoms with van der Waals surface area (Å²) >= 11 is 0. The SMILES string of the molecule is CC(C)(CO)NC(=O)C1=Cc2cc(F)ccc2OC1. The van der Waals surface area contributed by atoms with E-state index in [1.54, 1.807) is 19.9 Å². The Morgan fingerprint density at radius 2 is 2.26 bits per heavy atom. The molecule has 19 heavy (non-hydrogen) atoms. The van der Waals surface area contributed by atoms with Gasteiger partial charge in [-0.3, -0.25) is 4.79 Å². The van der Waals surface area contributed by atoms with Crippen LogP contribution < -0.4 is 10.1 Å². The molecule has 0 bridgehead atoms. The molecule has 1 heterocycles. The van der Waals surface area contributed by atoms with Crippen molar-refractivity contribution < 1.29 is 19.0 Å². The maximum atomic E-state index is 13.1. The standard InChI is InChI=1S/C14H16FNO3/c1-14(2,8-17)16-13(18)10-5-9-6-11(15)3-4-12(9)19-7-10/h3-6,17H,7-8H2,1-2H3,(H,16,18). The summed E-state index contributed by atoms with van der Waals surface area (Å²) in [7, 11) is 0. The van der Waals surface area contributed by atoms with Gasteiger partial charge in [0, 0.05) is 5.56 Å². The minimum absolute atomic E-state index is 0.131. The van der Waals surface area contributed by atoms with E-state index in [-0.39, 0.29) is 24.9 Å². The Morgan fingerprint density at radius 3 is 2.95 bits per heavy atom. The molecule has 0 spiro atoms. The molecule has 0 aliphatic carbocycles. The number of nitrogens with one attached hydrogen (secondary N) is 1. The van der Waals surface area contributed by atoms with Gasteiger partial charge in [0.1, 0.15) is 18.2 Å². The average Bonchev–Trinajstić information content (AvgIpc) is 2.37. The summed E-state index contributed by atoms with van der Waals surface area (Å²) in [5.74, 6) is -0.149. The molecule has 0 radical (unpaired) electrons. The van der Waals surface area contributed by atoms with Crippen molar-refractivity contribution in [2.24, 2.45) is 0 Å². The number of aliphatic hydroxyl groups excluding tert-OH is 1. The summed E-state index contributed by atoms with van der Waals surface area (Å²) < 4.78 is 18.5. The third-order valence-electron chi connectivity index (χ3n) is 2.82. The van der Waals surface area contributed by atoms with Crippen LogP contribution in [0.3, 0.4) is 0 Å². The van der Waals surface area contributed by atoms with Gasteiger partial charge in [0.15, 0.2) is 0 Å². The van der Waals surface area contributed by atoms with E-state index in [2.05, 4.69) is 5.32 Å². The Morgan fingerprint density at radius 1 is 1.53 bits per heavy atom. The lowest BCUT2D eigenvalue weighted by Gasteiger charge is -2.25. The molecule has 2 N–H and O–H groups in total. The average molecular weight is 265 g/mol. The fourth-order valence-electron chi connectivity index (χ4n) is 1.71. The molecule has 0 fully saturated rings. The number of amides is 1. The van der Waals surface area contributed by atoms with E-state index in [1.165, 1.54) is 18.2 Å². The highest BCUT2D eigenvalue weighted by atomic mass is 19.1. The third-order valence-corrected chi connectivity index (χ3v) is 2.82. The lowest BCUT2D eigenvalue weighted by molar-refractivity contribution is -0.119. The first kappa shape index (κ1) is 13.5. The van der Waals surface area contributed by atoms with Crippen LogP contribution in [0.15, 0.2) is 23.8 Å². The third kappa shape index (κ3) is 3.12. The summed E-state index contributed by atoms with van der Waals surface area (Å²) in [5, 5.41) is 11.8. The van der Waals surface area contributed by atoms with E-state index in [0.717, 1.165) is 0 Å². The largest absolute Gasteiger partial charge is 0.488 e. The first-order valence-electron chi connectivity index (χ1n) is 5.97. The van der Waals surface area contributed by atoms with Crippen LogP contribution in [0.2, 0.25) is 0 Å². The molecule has 0 saturated heterocycles. The first-order chi connectivity index (χ1) is 8.91. The summed E-state index contributed by atoms with van der Waals surface area (Å²) in [4.78, 5) is 12.0. The molecule has 1 aromatic carbocycles. The number of rotatable bonds is 3. The maximum absolute atomic E-state index is 13.1. The molecule has 102 valence electrons. The Labute approximate surface area is 110 Å². The van der Waals surface area contributed by atoms with Gasteiger partial charge in [0.05, 0.1) is 17.7 Å². The Kier molecular flexibility index (Phi) is 3.57. The van der Waals surface area contributed by atoms with Gasteiger partial charge >= 0.3 is 0 Å². The van der Waals surface area contributed by atoms with Crippen molar-refractivity contribution >= 4 is 12.0 Å². The molecule has 1 aliphatic heterocycles. The maximum Gasteiger partial charge on any atom is 0.251 e. The lowest BCUT2D eigenvalue weighted by Crippen LogP contribution is -2.47. The van der Waals surface area contributed by atoms with Crippen LogP contribution in [-0.4, -0.2) is 29.8 Å². The normalized spacial score (nSPS) is 14.2. The van der Waals surface area contributed by atoms with E-state index in [4.69, 9.17) is 9.84 Å².